The third kappa shape index (κ3) is 3.71. The topological polar surface area (TPSA) is 46.3 Å². The minimum absolute atomic E-state index is 0.0263. The van der Waals surface area contributed by atoms with E-state index in [1.165, 1.54) is 0 Å². The van der Waals surface area contributed by atoms with Crippen LogP contribution < -0.4 is 5.73 Å². The van der Waals surface area contributed by atoms with Crippen LogP contribution in [0.3, 0.4) is 0 Å². The van der Waals surface area contributed by atoms with Gasteiger partial charge in [-0.15, -0.1) is 0 Å². The summed E-state index contributed by atoms with van der Waals surface area (Å²) < 4.78 is 0. The molecule has 0 spiro atoms. The van der Waals surface area contributed by atoms with Gasteiger partial charge in [-0.1, -0.05) is 27.2 Å². The first-order valence-electron chi connectivity index (χ1n) is 7.36. The van der Waals surface area contributed by atoms with Gasteiger partial charge in [0.05, 0.1) is 5.92 Å². The lowest BCUT2D eigenvalue weighted by atomic mass is 9.76. The van der Waals surface area contributed by atoms with Gasteiger partial charge in [0.2, 0.25) is 5.91 Å². The van der Waals surface area contributed by atoms with E-state index in [-0.39, 0.29) is 17.9 Å². The number of carbonyl (C=O) groups excluding carboxylic acids is 1. The third-order valence-corrected chi connectivity index (χ3v) is 4.38. The molecule has 2 N–H and O–H groups in total. The number of hydrogen-bond acceptors (Lipinski definition) is 2. The number of rotatable bonds is 4. The Morgan fingerprint density at radius 1 is 1.33 bits per heavy atom. The van der Waals surface area contributed by atoms with Crippen molar-refractivity contribution >= 4 is 5.91 Å². The quantitative estimate of drug-likeness (QED) is 0.838. The van der Waals surface area contributed by atoms with E-state index in [4.69, 9.17) is 5.73 Å². The summed E-state index contributed by atoms with van der Waals surface area (Å²) in [4.78, 5) is 14.5. The van der Waals surface area contributed by atoms with Crippen LogP contribution in [0.4, 0.5) is 0 Å². The molecular weight excluding hydrogens is 224 g/mol. The van der Waals surface area contributed by atoms with E-state index in [9.17, 15) is 4.79 Å². The molecule has 0 saturated heterocycles. The third-order valence-electron chi connectivity index (χ3n) is 4.38. The smallest absolute Gasteiger partial charge is 0.227 e. The second-order valence-electron chi connectivity index (χ2n) is 6.53. The molecule has 0 aromatic heterocycles. The maximum Gasteiger partial charge on any atom is 0.227 e. The minimum Gasteiger partial charge on any atom is -0.343 e. The van der Waals surface area contributed by atoms with Crippen molar-refractivity contribution in [2.75, 3.05) is 7.05 Å². The van der Waals surface area contributed by atoms with Gasteiger partial charge in [-0.25, -0.2) is 0 Å². The van der Waals surface area contributed by atoms with Gasteiger partial charge in [0.25, 0.3) is 0 Å². The average molecular weight is 254 g/mol. The normalized spacial score (nSPS) is 30.3. The Bertz CT molecular complexity index is 268. The molecule has 0 aliphatic heterocycles. The molecule has 3 nitrogen and oxygen atoms in total. The number of hydrogen-bond donors (Lipinski definition) is 1. The largest absolute Gasteiger partial charge is 0.343 e. The number of nitrogens with two attached hydrogens (primary N) is 1. The summed E-state index contributed by atoms with van der Waals surface area (Å²) >= 11 is 0. The monoisotopic (exact) mass is 254 g/mol. The van der Waals surface area contributed by atoms with Gasteiger partial charge >= 0.3 is 0 Å². The number of nitrogens with zero attached hydrogens (tertiary/aromatic N) is 1. The maximum atomic E-state index is 12.6. The van der Waals surface area contributed by atoms with E-state index in [0.29, 0.717) is 17.9 Å². The van der Waals surface area contributed by atoms with Crippen LogP contribution >= 0.6 is 0 Å². The molecule has 1 saturated carbocycles. The Kier molecular flexibility index (Phi) is 5.64. The van der Waals surface area contributed by atoms with Crippen LogP contribution in [0, 0.1) is 17.8 Å². The van der Waals surface area contributed by atoms with Gasteiger partial charge in [-0.2, -0.15) is 0 Å². The summed E-state index contributed by atoms with van der Waals surface area (Å²) in [5, 5.41) is 0. The fourth-order valence-electron chi connectivity index (χ4n) is 3.18. The Morgan fingerprint density at radius 2 is 1.94 bits per heavy atom. The molecule has 1 fully saturated rings. The van der Waals surface area contributed by atoms with E-state index >= 15 is 0 Å². The Morgan fingerprint density at radius 3 is 2.44 bits per heavy atom. The zero-order valence-electron chi connectivity index (χ0n) is 12.6. The Labute approximate surface area is 112 Å². The van der Waals surface area contributed by atoms with Crippen LogP contribution in [-0.2, 0) is 4.79 Å². The summed E-state index contributed by atoms with van der Waals surface area (Å²) in [6, 6.07) is 0.355. The van der Waals surface area contributed by atoms with Gasteiger partial charge < -0.3 is 10.6 Å². The van der Waals surface area contributed by atoms with Crippen molar-refractivity contribution in [3.05, 3.63) is 0 Å². The zero-order valence-corrected chi connectivity index (χ0v) is 12.6. The summed E-state index contributed by atoms with van der Waals surface area (Å²) in [6.45, 7) is 8.70. The highest BCUT2D eigenvalue weighted by Crippen LogP contribution is 2.30. The van der Waals surface area contributed by atoms with Gasteiger partial charge in [0.1, 0.15) is 0 Å². The first-order chi connectivity index (χ1) is 8.34. The van der Waals surface area contributed by atoms with Crippen LogP contribution in [-0.4, -0.2) is 29.9 Å². The standard InChI is InChI=1S/C15H30N2O/c1-10(2)9-12(4)17(5)15(18)14-11(3)7-6-8-13(14)16/h10-14H,6-9,16H2,1-5H3. The fraction of sp³-hybridized carbons (Fsp3) is 0.933. The fourth-order valence-corrected chi connectivity index (χ4v) is 3.18. The lowest BCUT2D eigenvalue weighted by Gasteiger charge is -2.38. The lowest BCUT2D eigenvalue weighted by molar-refractivity contribution is -0.139. The second-order valence-corrected chi connectivity index (χ2v) is 6.53. The number of carbonyl (C=O) groups is 1. The second kappa shape index (κ2) is 6.55. The van der Waals surface area contributed by atoms with Gasteiger partial charge in [-0.05, 0) is 38.0 Å². The molecule has 106 valence electrons. The van der Waals surface area contributed by atoms with E-state index in [1.807, 2.05) is 11.9 Å². The average Bonchev–Trinajstić information content (AvgIpc) is 2.26. The van der Waals surface area contributed by atoms with E-state index in [2.05, 4.69) is 27.7 Å². The van der Waals surface area contributed by atoms with Crippen molar-refractivity contribution in [3.8, 4) is 0 Å². The van der Waals surface area contributed by atoms with Crippen LogP contribution in [0.25, 0.3) is 0 Å². The summed E-state index contributed by atoms with van der Waals surface area (Å²) in [6.07, 6.45) is 4.35. The molecule has 18 heavy (non-hydrogen) atoms. The predicted octanol–water partition coefficient (Wildman–Crippen LogP) is 2.64. The summed E-state index contributed by atoms with van der Waals surface area (Å²) in [5.41, 5.74) is 6.16. The Balaban J connectivity index is 2.66. The molecule has 0 bridgehead atoms. The van der Waals surface area contributed by atoms with E-state index < -0.39 is 0 Å². The number of amides is 1. The highest BCUT2D eigenvalue weighted by atomic mass is 16.2. The SMILES string of the molecule is CC(C)CC(C)N(C)C(=O)C1C(C)CCCC1N. The summed E-state index contributed by atoms with van der Waals surface area (Å²) in [5.74, 6) is 1.32. The van der Waals surface area contributed by atoms with Gasteiger partial charge in [0, 0.05) is 19.1 Å². The molecule has 1 amide bonds. The molecular formula is C15H30N2O. The molecule has 0 aromatic carbocycles. The molecule has 0 heterocycles. The molecule has 4 atom stereocenters. The molecule has 4 unspecified atom stereocenters. The van der Waals surface area contributed by atoms with Gasteiger partial charge in [0.15, 0.2) is 0 Å². The molecule has 1 rings (SSSR count). The molecule has 1 aliphatic carbocycles. The maximum absolute atomic E-state index is 12.6. The van der Waals surface area contributed by atoms with Crippen LogP contribution in [0.5, 0.6) is 0 Å². The van der Waals surface area contributed by atoms with Crippen molar-refractivity contribution in [2.45, 2.75) is 65.5 Å². The van der Waals surface area contributed by atoms with E-state index in [0.717, 1.165) is 25.7 Å². The molecule has 0 aromatic rings. The summed E-state index contributed by atoms with van der Waals surface area (Å²) in [7, 11) is 1.93. The highest BCUT2D eigenvalue weighted by molar-refractivity contribution is 5.80. The zero-order chi connectivity index (χ0) is 13.9. The van der Waals surface area contributed by atoms with Crippen LogP contribution in [0.15, 0.2) is 0 Å². The predicted molar refractivity (Wildman–Crippen MR) is 76.2 cm³/mol. The van der Waals surface area contributed by atoms with Crippen molar-refractivity contribution in [2.24, 2.45) is 23.5 Å². The Hall–Kier alpha value is -0.570. The first-order valence-corrected chi connectivity index (χ1v) is 7.36. The van der Waals surface area contributed by atoms with Crippen molar-refractivity contribution in [1.29, 1.82) is 0 Å². The molecule has 1 aliphatic rings. The van der Waals surface area contributed by atoms with Crippen molar-refractivity contribution < 1.29 is 4.79 Å². The minimum atomic E-state index is 0.0263. The van der Waals surface area contributed by atoms with Crippen molar-refractivity contribution in [3.63, 3.8) is 0 Å². The molecule has 3 heteroatoms. The highest BCUT2D eigenvalue weighted by Gasteiger charge is 2.36. The van der Waals surface area contributed by atoms with Crippen LogP contribution in [0.1, 0.15) is 53.4 Å². The van der Waals surface area contributed by atoms with E-state index in [1.54, 1.807) is 0 Å². The first kappa shape index (κ1) is 15.5. The van der Waals surface area contributed by atoms with Gasteiger partial charge in [-0.3, -0.25) is 4.79 Å². The van der Waals surface area contributed by atoms with Crippen molar-refractivity contribution in [1.82, 2.24) is 4.90 Å². The van der Waals surface area contributed by atoms with Crippen LogP contribution in [0.2, 0.25) is 0 Å². The molecule has 0 radical (unpaired) electrons. The lowest BCUT2D eigenvalue weighted by Crippen LogP contribution is -2.50.